The molecule has 0 saturated carbocycles. The number of hydrogen-bond acceptors (Lipinski definition) is 7. The standard InChI is InChI=1S/C51H96NO8P/c1-6-8-10-12-14-16-18-20-22-23-24-25-26-27-28-30-32-34-36-38-40-42-44-51(54)60-49(48-59-61(55,56)58-46-45-52(3,4)5)47-57-50(53)43-41-39-37-35-33-31-29-21-19-17-15-13-11-9-7-2/h15,17,21,29,33,35,49H,6-14,16,18-20,22-28,30-32,34,36-48H2,1-5H3/p+1/b17-15+,29-21+,35-33+/t49-/m1/s1. The van der Waals surface area contributed by atoms with Crippen LogP contribution in [0.5, 0.6) is 0 Å². The molecule has 0 spiro atoms. The highest BCUT2D eigenvalue weighted by atomic mass is 31.2. The molecule has 0 aromatic carbocycles. The first-order valence-corrected chi connectivity index (χ1v) is 26.7. The van der Waals surface area contributed by atoms with Gasteiger partial charge in [0.1, 0.15) is 19.8 Å². The molecule has 61 heavy (non-hydrogen) atoms. The molecule has 1 N–H and O–H groups in total. The Labute approximate surface area is 376 Å². The molecule has 2 atom stereocenters. The third kappa shape index (κ3) is 47.5. The van der Waals surface area contributed by atoms with Gasteiger partial charge in [-0.3, -0.25) is 18.6 Å². The maximum Gasteiger partial charge on any atom is 0.472 e. The van der Waals surface area contributed by atoms with Crippen molar-refractivity contribution in [3.05, 3.63) is 36.5 Å². The number of likely N-dealkylation sites (N-methyl/N-ethyl adjacent to an activating group) is 1. The summed E-state index contributed by atoms with van der Waals surface area (Å²) in [5.74, 6) is -0.835. The smallest absolute Gasteiger partial charge is 0.462 e. The van der Waals surface area contributed by atoms with Crippen LogP contribution in [-0.4, -0.2) is 74.9 Å². The lowest BCUT2D eigenvalue weighted by atomic mass is 10.0. The van der Waals surface area contributed by atoms with Crippen molar-refractivity contribution in [3.8, 4) is 0 Å². The van der Waals surface area contributed by atoms with Crippen LogP contribution in [0.2, 0.25) is 0 Å². The van der Waals surface area contributed by atoms with Crippen molar-refractivity contribution in [2.24, 2.45) is 0 Å². The van der Waals surface area contributed by atoms with Crippen molar-refractivity contribution >= 4 is 19.8 Å². The van der Waals surface area contributed by atoms with Crippen LogP contribution in [0.4, 0.5) is 0 Å². The van der Waals surface area contributed by atoms with E-state index in [0.29, 0.717) is 23.9 Å². The highest BCUT2D eigenvalue weighted by Crippen LogP contribution is 2.43. The second-order valence-corrected chi connectivity index (χ2v) is 19.7. The molecule has 0 aromatic heterocycles. The van der Waals surface area contributed by atoms with Gasteiger partial charge in [0.05, 0.1) is 27.7 Å². The predicted molar refractivity (Wildman–Crippen MR) is 257 cm³/mol. The Morgan fingerprint density at radius 1 is 0.508 bits per heavy atom. The fourth-order valence-electron chi connectivity index (χ4n) is 6.96. The van der Waals surface area contributed by atoms with E-state index in [4.69, 9.17) is 18.5 Å². The Morgan fingerprint density at radius 2 is 0.885 bits per heavy atom. The van der Waals surface area contributed by atoms with E-state index in [1.165, 1.54) is 141 Å². The van der Waals surface area contributed by atoms with E-state index in [-0.39, 0.29) is 26.1 Å². The first kappa shape index (κ1) is 59.2. The number of nitrogens with zero attached hydrogens (tertiary/aromatic N) is 1. The van der Waals surface area contributed by atoms with Crippen LogP contribution in [0, 0.1) is 0 Å². The minimum Gasteiger partial charge on any atom is -0.462 e. The minimum absolute atomic E-state index is 0.0268. The highest BCUT2D eigenvalue weighted by Gasteiger charge is 2.27. The lowest BCUT2D eigenvalue weighted by Gasteiger charge is -2.24. The molecule has 0 rings (SSSR count). The van der Waals surface area contributed by atoms with E-state index >= 15 is 0 Å². The number of ether oxygens (including phenoxy) is 2. The summed E-state index contributed by atoms with van der Waals surface area (Å²) in [6.45, 7) is 4.38. The summed E-state index contributed by atoms with van der Waals surface area (Å²) in [7, 11) is 1.46. The molecular formula is C51H97NO8P+. The molecule has 0 bridgehead atoms. The number of rotatable bonds is 46. The normalized spacial score (nSPS) is 13.7. The number of phosphoric acid groups is 1. The molecule has 9 nitrogen and oxygen atoms in total. The molecule has 0 amide bonds. The highest BCUT2D eigenvalue weighted by molar-refractivity contribution is 7.47. The van der Waals surface area contributed by atoms with E-state index in [2.05, 4.69) is 50.3 Å². The molecule has 0 aromatic rings. The van der Waals surface area contributed by atoms with Crippen molar-refractivity contribution in [2.75, 3.05) is 47.5 Å². The monoisotopic (exact) mass is 883 g/mol. The van der Waals surface area contributed by atoms with Crippen LogP contribution in [0.3, 0.4) is 0 Å². The fourth-order valence-corrected chi connectivity index (χ4v) is 7.70. The van der Waals surface area contributed by atoms with Crippen molar-refractivity contribution in [1.29, 1.82) is 0 Å². The SMILES string of the molecule is CCCCC/C=C/C/C=C/C/C=C/CCCCC(=O)OC[C@H](COP(=O)(O)OCC[N+](C)(C)C)OC(=O)CCCCCCCCCCCCCCCCCCCCCCCC. The Balaban J connectivity index is 4.26. The lowest BCUT2D eigenvalue weighted by Crippen LogP contribution is -2.37. The number of phosphoric ester groups is 1. The Morgan fingerprint density at radius 3 is 1.34 bits per heavy atom. The molecular weight excluding hydrogens is 786 g/mol. The molecule has 0 aliphatic rings. The number of hydrogen-bond donors (Lipinski definition) is 1. The van der Waals surface area contributed by atoms with Crippen LogP contribution in [0.25, 0.3) is 0 Å². The fraction of sp³-hybridized carbons (Fsp3) is 0.843. The second kappa shape index (κ2) is 43.5. The first-order chi connectivity index (χ1) is 29.5. The van der Waals surface area contributed by atoms with Gasteiger partial charge in [0.15, 0.2) is 6.10 Å². The molecule has 0 radical (unpaired) electrons. The van der Waals surface area contributed by atoms with E-state index in [9.17, 15) is 19.0 Å². The van der Waals surface area contributed by atoms with Gasteiger partial charge in [-0.1, -0.05) is 198 Å². The summed E-state index contributed by atoms with van der Waals surface area (Å²) < 4.78 is 34.4. The first-order valence-electron chi connectivity index (χ1n) is 25.2. The summed E-state index contributed by atoms with van der Waals surface area (Å²) in [5.41, 5.74) is 0. The maximum absolute atomic E-state index is 12.7. The summed E-state index contributed by atoms with van der Waals surface area (Å²) in [6.07, 6.45) is 50.6. The molecule has 0 aliphatic heterocycles. The summed E-state index contributed by atoms with van der Waals surface area (Å²) >= 11 is 0. The van der Waals surface area contributed by atoms with Crippen LogP contribution in [0.1, 0.15) is 226 Å². The third-order valence-electron chi connectivity index (χ3n) is 10.9. The molecule has 0 heterocycles. The third-order valence-corrected chi connectivity index (χ3v) is 11.9. The van der Waals surface area contributed by atoms with Crippen molar-refractivity contribution in [2.45, 2.75) is 232 Å². The molecule has 0 fully saturated rings. The number of carbonyl (C=O) groups is 2. The Bertz CT molecular complexity index is 1130. The van der Waals surface area contributed by atoms with Crippen LogP contribution in [0.15, 0.2) is 36.5 Å². The van der Waals surface area contributed by atoms with Gasteiger partial charge in [0.25, 0.3) is 0 Å². The average molecular weight is 883 g/mol. The second-order valence-electron chi connectivity index (χ2n) is 18.2. The van der Waals surface area contributed by atoms with Crippen molar-refractivity contribution in [3.63, 3.8) is 0 Å². The number of unbranched alkanes of at least 4 members (excludes halogenated alkanes) is 26. The molecule has 1 unspecified atom stereocenters. The maximum atomic E-state index is 12.7. The van der Waals surface area contributed by atoms with Crippen LogP contribution in [-0.2, 0) is 32.7 Å². The minimum atomic E-state index is -4.38. The van der Waals surface area contributed by atoms with Gasteiger partial charge in [-0.25, -0.2) is 4.57 Å². The predicted octanol–water partition coefficient (Wildman–Crippen LogP) is 14.9. The van der Waals surface area contributed by atoms with E-state index < -0.39 is 32.5 Å². The lowest BCUT2D eigenvalue weighted by molar-refractivity contribution is -0.870. The summed E-state index contributed by atoms with van der Waals surface area (Å²) in [6, 6.07) is 0. The molecule has 358 valence electrons. The van der Waals surface area contributed by atoms with Gasteiger partial charge in [-0.2, -0.15) is 0 Å². The van der Waals surface area contributed by atoms with E-state index in [0.717, 1.165) is 44.9 Å². The topological polar surface area (TPSA) is 108 Å². The zero-order valence-electron chi connectivity index (χ0n) is 40.4. The number of allylic oxidation sites excluding steroid dienone is 6. The summed E-state index contributed by atoms with van der Waals surface area (Å²) in [5, 5.41) is 0. The van der Waals surface area contributed by atoms with Gasteiger partial charge >= 0.3 is 19.8 Å². The molecule has 0 saturated heterocycles. The molecule has 0 aliphatic carbocycles. The number of quaternary nitrogens is 1. The molecule has 10 heteroatoms. The largest absolute Gasteiger partial charge is 0.472 e. The van der Waals surface area contributed by atoms with E-state index in [1.807, 2.05) is 21.1 Å². The van der Waals surface area contributed by atoms with Gasteiger partial charge in [0.2, 0.25) is 0 Å². The number of esters is 2. The zero-order chi connectivity index (χ0) is 45.0. The Kier molecular flexibility index (Phi) is 42.2. The van der Waals surface area contributed by atoms with Gasteiger partial charge in [-0.05, 0) is 51.4 Å². The van der Waals surface area contributed by atoms with Crippen LogP contribution < -0.4 is 0 Å². The van der Waals surface area contributed by atoms with Gasteiger partial charge in [-0.15, -0.1) is 0 Å². The average Bonchev–Trinajstić information content (AvgIpc) is 3.21. The van der Waals surface area contributed by atoms with Crippen molar-refractivity contribution < 1.29 is 42.1 Å². The van der Waals surface area contributed by atoms with Crippen molar-refractivity contribution in [1.82, 2.24) is 0 Å². The van der Waals surface area contributed by atoms with Gasteiger partial charge in [0, 0.05) is 12.8 Å². The zero-order valence-corrected chi connectivity index (χ0v) is 41.3. The quantitative estimate of drug-likeness (QED) is 0.0212. The summed E-state index contributed by atoms with van der Waals surface area (Å²) in [4.78, 5) is 35.5. The Hall–Kier alpha value is -1.77. The van der Waals surface area contributed by atoms with Gasteiger partial charge < -0.3 is 18.9 Å². The number of carbonyl (C=O) groups excluding carboxylic acids is 2. The van der Waals surface area contributed by atoms with E-state index in [1.54, 1.807) is 0 Å². The van der Waals surface area contributed by atoms with Crippen LogP contribution >= 0.6 is 7.82 Å².